The number of benzene rings is 2. The molecule has 0 aromatic heterocycles. The van der Waals surface area contributed by atoms with Crippen molar-refractivity contribution in [3.05, 3.63) is 71.3 Å². The molecule has 0 spiro atoms. The minimum Gasteiger partial charge on any atom is -0.304 e. The van der Waals surface area contributed by atoms with Gasteiger partial charge in [-0.3, -0.25) is 4.79 Å². The number of rotatable bonds is 3. The molecule has 3 atom stereocenters. The summed E-state index contributed by atoms with van der Waals surface area (Å²) in [7, 11) is 0. The molecule has 2 heteroatoms. The lowest BCUT2D eigenvalue weighted by atomic mass is 9.70. The number of carbonyl (C=O) groups excluding carboxylic acids is 1. The third-order valence-corrected chi connectivity index (χ3v) is 4.54. The summed E-state index contributed by atoms with van der Waals surface area (Å²) in [5, 5.41) is 3.50. The van der Waals surface area contributed by atoms with E-state index in [-0.39, 0.29) is 23.9 Å². The molecule has 1 N–H and O–H groups in total. The molecule has 1 aliphatic rings. The van der Waals surface area contributed by atoms with Crippen LogP contribution in [0.5, 0.6) is 0 Å². The summed E-state index contributed by atoms with van der Waals surface area (Å²) >= 11 is 0. The first-order valence-electron chi connectivity index (χ1n) is 8.03. The van der Waals surface area contributed by atoms with Crippen LogP contribution in [-0.4, -0.2) is 17.9 Å². The molecule has 2 aromatic rings. The molecule has 0 amide bonds. The fraction of sp³-hybridized carbons (Fsp3) is 0.350. The van der Waals surface area contributed by atoms with Crippen molar-refractivity contribution in [1.82, 2.24) is 5.32 Å². The van der Waals surface area contributed by atoms with Crippen molar-refractivity contribution in [1.29, 1.82) is 0 Å². The fourth-order valence-corrected chi connectivity index (χ4v) is 3.52. The van der Waals surface area contributed by atoms with Crippen LogP contribution in [0.3, 0.4) is 0 Å². The zero-order valence-electron chi connectivity index (χ0n) is 13.4. The molecule has 22 heavy (non-hydrogen) atoms. The predicted octanol–water partition coefficient (Wildman–Crippen LogP) is 3.87. The van der Waals surface area contributed by atoms with E-state index in [2.05, 4.69) is 49.5 Å². The highest BCUT2D eigenvalue weighted by molar-refractivity contribution is 5.94. The predicted molar refractivity (Wildman–Crippen MR) is 90.2 cm³/mol. The van der Waals surface area contributed by atoms with E-state index in [1.807, 2.05) is 31.2 Å². The molecular weight excluding hydrogens is 270 g/mol. The first kappa shape index (κ1) is 15.0. The van der Waals surface area contributed by atoms with E-state index < -0.39 is 0 Å². The van der Waals surface area contributed by atoms with Gasteiger partial charge in [-0.2, -0.15) is 0 Å². The van der Waals surface area contributed by atoms with Crippen molar-refractivity contribution in [2.75, 3.05) is 0 Å². The van der Waals surface area contributed by atoms with E-state index in [4.69, 9.17) is 0 Å². The lowest BCUT2D eigenvalue weighted by Gasteiger charge is -2.37. The monoisotopic (exact) mass is 293 g/mol. The molecule has 114 valence electrons. The van der Waals surface area contributed by atoms with Gasteiger partial charge in [0.2, 0.25) is 0 Å². The first-order valence-corrected chi connectivity index (χ1v) is 8.03. The molecule has 0 fully saturated rings. The van der Waals surface area contributed by atoms with Gasteiger partial charge in [0.15, 0.2) is 5.78 Å². The van der Waals surface area contributed by atoms with Gasteiger partial charge in [0, 0.05) is 17.9 Å². The summed E-state index contributed by atoms with van der Waals surface area (Å²) in [5.74, 6) is 0.331. The first-order chi connectivity index (χ1) is 10.6. The second kappa shape index (κ2) is 6.05. The van der Waals surface area contributed by atoms with Crippen molar-refractivity contribution in [2.45, 2.75) is 44.7 Å². The SMILES string of the molecule is CC(C)NC1C(=O)[C@@H](C)c2ccccc2C1c1ccccc1. The molecule has 0 heterocycles. The van der Waals surface area contributed by atoms with Crippen LogP contribution >= 0.6 is 0 Å². The summed E-state index contributed by atoms with van der Waals surface area (Å²) in [6, 6.07) is 18.9. The highest BCUT2D eigenvalue weighted by atomic mass is 16.1. The Kier molecular flexibility index (Phi) is 4.12. The average Bonchev–Trinajstić information content (AvgIpc) is 2.53. The number of nitrogens with one attached hydrogen (secondary N) is 1. The number of hydrogen-bond donors (Lipinski definition) is 1. The third-order valence-electron chi connectivity index (χ3n) is 4.54. The van der Waals surface area contributed by atoms with Gasteiger partial charge < -0.3 is 5.32 Å². The van der Waals surface area contributed by atoms with Gasteiger partial charge in [0.1, 0.15) is 0 Å². The minimum absolute atomic E-state index is 0.0487. The van der Waals surface area contributed by atoms with Gasteiger partial charge in [0.25, 0.3) is 0 Å². The van der Waals surface area contributed by atoms with Crippen LogP contribution in [0.15, 0.2) is 54.6 Å². The van der Waals surface area contributed by atoms with Crippen molar-refractivity contribution in [3.63, 3.8) is 0 Å². The zero-order valence-corrected chi connectivity index (χ0v) is 13.4. The van der Waals surface area contributed by atoms with E-state index in [0.717, 1.165) is 0 Å². The smallest absolute Gasteiger partial charge is 0.157 e. The number of ketones is 1. The van der Waals surface area contributed by atoms with Crippen LogP contribution in [0.4, 0.5) is 0 Å². The minimum atomic E-state index is -0.160. The van der Waals surface area contributed by atoms with Crippen LogP contribution < -0.4 is 5.32 Å². The van der Waals surface area contributed by atoms with Gasteiger partial charge in [-0.25, -0.2) is 0 Å². The van der Waals surface area contributed by atoms with Crippen LogP contribution in [-0.2, 0) is 4.79 Å². The van der Waals surface area contributed by atoms with Gasteiger partial charge in [-0.1, -0.05) is 75.4 Å². The standard InChI is InChI=1S/C20H23NO/c1-13(2)21-19-18(15-9-5-4-6-10-15)17-12-8-7-11-16(17)14(3)20(19)22/h4-14,18-19,21H,1-3H3/t14-,18?,19?/m0/s1. The third kappa shape index (κ3) is 2.59. The maximum Gasteiger partial charge on any atom is 0.157 e. The van der Waals surface area contributed by atoms with E-state index in [9.17, 15) is 4.79 Å². The average molecular weight is 293 g/mol. The topological polar surface area (TPSA) is 29.1 Å². The Morgan fingerprint density at radius 2 is 1.50 bits per heavy atom. The molecule has 2 nitrogen and oxygen atoms in total. The number of carbonyl (C=O) groups is 1. The molecule has 0 bridgehead atoms. The van der Waals surface area contributed by atoms with E-state index in [0.29, 0.717) is 5.78 Å². The summed E-state index contributed by atoms with van der Waals surface area (Å²) < 4.78 is 0. The molecular formula is C20H23NO. The normalized spacial score (nSPS) is 24.4. The Morgan fingerprint density at radius 3 is 2.14 bits per heavy atom. The number of fused-ring (bicyclic) bond motifs is 1. The van der Waals surface area contributed by atoms with Crippen LogP contribution in [0, 0.1) is 0 Å². The maximum atomic E-state index is 12.9. The van der Waals surface area contributed by atoms with E-state index >= 15 is 0 Å². The molecule has 2 aromatic carbocycles. The molecule has 1 aliphatic carbocycles. The number of Topliss-reactive ketones (excluding diaryl/α,β-unsaturated/α-hetero) is 1. The van der Waals surface area contributed by atoms with E-state index in [1.165, 1.54) is 16.7 Å². The Bertz CT molecular complexity index is 662. The lowest BCUT2D eigenvalue weighted by Crippen LogP contribution is -2.49. The molecule has 0 saturated heterocycles. The molecule has 0 radical (unpaired) electrons. The van der Waals surface area contributed by atoms with Crippen molar-refractivity contribution < 1.29 is 4.79 Å². The van der Waals surface area contributed by atoms with Gasteiger partial charge in [0.05, 0.1) is 6.04 Å². The van der Waals surface area contributed by atoms with Crippen molar-refractivity contribution >= 4 is 5.78 Å². The molecule has 0 aliphatic heterocycles. The van der Waals surface area contributed by atoms with Gasteiger partial charge in [-0.05, 0) is 16.7 Å². The van der Waals surface area contributed by atoms with Gasteiger partial charge >= 0.3 is 0 Å². The largest absolute Gasteiger partial charge is 0.304 e. The van der Waals surface area contributed by atoms with Crippen molar-refractivity contribution in [2.24, 2.45) is 0 Å². The summed E-state index contributed by atoms with van der Waals surface area (Å²) in [6.45, 7) is 6.22. The van der Waals surface area contributed by atoms with Crippen LogP contribution in [0.25, 0.3) is 0 Å². The highest BCUT2D eigenvalue weighted by Crippen LogP contribution is 2.40. The molecule has 0 saturated carbocycles. The van der Waals surface area contributed by atoms with Crippen molar-refractivity contribution in [3.8, 4) is 0 Å². The van der Waals surface area contributed by atoms with Gasteiger partial charge in [-0.15, -0.1) is 0 Å². The Labute approximate surface area is 132 Å². The zero-order chi connectivity index (χ0) is 15.7. The summed E-state index contributed by atoms with van der Waals surface area (Å²) in [6.07, 6.45) is 0. The molecule has 2 unspecified atom stereocenters. The fourth-order valence-electron chi connectivity index (χ4n) is 3.52. The Hall–Kier alpha value is -1.93. The lowest BCUT2D eigenvalue weighted by molar-refractivity contribution is -0.123. The van der Waals surface area contributed by atoms with Crippen LogP contribution in [0.1, 0.15) is 49.3 Å². The Morgan fingerprint density at radius 1 is 0.909 bits per heavy atom. The second-order valence-electron chi connectivity index (χ2n) is 6.44. The molecule has 3 rings (SSSR count). The highest BCUT2D eigenvalue weighted by Gasteiger charge is 2.40. The van der Waals surface area contributed by atoms with Crippen LogP contribution in [0.2, 0.25) is 0 Å². The summed E-state index contributed by atoms with van der Waals surface area (Å²) in [5.41, 5.74) is 3.65. The van der Waals surface area contributed by atoms with E-state index in [1.54, 1.807) is 0 Å². The maximum absolute atomic E-state index is 12.9. The quantitative estimate of drug-likeness (QED) is 0.930. The Balaban J connectivity index is 2.15. The second-order valence-corrected chi connectivity index (χ2v) is 6.44. The number of hydrogen-bond acceptors (Lipinski definition) is 2. The summed E-state index contributed by atoms with van der Waals surface area (Å²) in [4.78, 5) is 12.9.